The molecule has 0 spiro atoms. The molecule has 1 aromatic heterocycles. The summed E-state index contributed by atoms with van der Waals surface area (Å²) in [6.07, 6.45) is 2.08. The van der Waals surface area contributed by atoms with Gasteiger partial charge in [-0.2, -0.15) is 11.8 Å². The van der Waals surface area contributed by atoms with Gasteiger partial charge in [-0.05, 0) is 24.3 Å². The van der Waals surface area contributed by atoms with E-state index in [0.29, 0.717) is 11.5 Å². The molecular weight excluding hydrogens is 294 g/mol. The molecule has 4 nitrogen and oxygen atoms in total. The van der Waals surface area contributed by atoms with E-state index < -0.39 is 11.9 Å². The Morgan fingerprint density at radius 1 is 1.60 bits per heavy atom. The number of amides is 1. The van der Waals surface area contributed by atoms with Crippen molar-refractivity contribution in [3.63, 3.8) is 0 Å². The van der Waals surface area contributed by atoms with Crippen molar-refractivity contribution in [2.24, 2.45) is 5.92 Å². The summed E-state index contributed by atoms with van der Waals surface area (Å²) >= 11 is 3.11. The maximum atomic E-state index is 12.3. The standard InChI is InChI=1S/C14H19NO3S2/c1-10(14(17)18)8-19-9-13(16)15-6-2-4-11(15)12-5-3-7-20-12/h3,5,7,10-11H,2,4,6,8-9H2,1H3,(H,17,18). The van der Waals surface area contributed by atoms with Gasteiger partial charge in [0, 0.05) is 17.2 Å². The fraction of sp³-hybridized carbons (Fsp3) is 0.571. The van der Waals surface area contributed by atoms with Gasteiger partial charge in [-0.25, -0.2) is 0 Å². The second kappa shape index (κ2) is 7.13. The highest BCUT2D eigenvalue weighted by Crippen LogP contribution is 2.34. The van der Waals surface area contributed by atoms with E-state index in [9.17, 15) is 9.59 Å². The lowest BCUT2D eigenvalue weighted by Crippen LogP contribution is -2.32. The molecule has 1 aliphatic rings. The molecule has 1 amide bonds. The zero-order valence-electron chi connectivity index (χ0n) is 11.4. The van der Waals surface area contributed by atoms with Crippen molar-refractivity contribution >= 4 is 35.0 Å². The summed E-state index contributed by atoms with van der Waals surface area (Å²) in [7, 11) is 0. The van der Waals surface area contributed by atoms with Gasteiger partial charge in [0.15, 0.2) is 0 Å². The third kappa shape index (κ3) is 3.76. The molecular formula is C14H19NO3S2. The van der Waals surface area contributed by atoms with Gasteiger partial charge in [0.05, 0.1) is 17.7 Å². The van der Waals surface area contributed by atoms with Crippen LogP contribution in [0, 0.1) is 5.92 Å². The molecule has 0 aromatic carbocycles. The van der Waals surface area contributed by atoms with Crippen molar-refractivity contribution in [3.8, 4) is 0 Å². The first kappa shape index (κ1) is 15.4. The number of nitrogens with zero attached hydrogens (tertiary/aromatic N) is 1. The number of rotatable bonds is 6. The molecule has 6 heteroatoms. The van der Waals surface area contributed by atoms with Crippen LogP contribution < -0.4 is 0 Å². The van der Waals surface area contributed by atoms with Gasteiger partial charge in [0.25, 0.3) is 0 Å². The minimum absolute atomic E-state index is 0.128. The molecule has 110 valence electrons. The number of hydrogen-bond acceptors (Lipinski definition) is 4. The maximum absolute atomic E-state index is 12.3. The molecule has 0 saturated carbocycles. The van der Waals surface area contributed by atoms with Gasteiger partial charge in [-0.15, -0.1) is 11.3 Å². The molecule has 2 rings (SSSR count). The first-order valence-electron chi connectivity index (χ1n) is 6.73. The molecule has 1 aromatic rings. The Kier molecular flexibility index (Phi) is 5.48. The third-order valence-electron chi connectivity index (χ3n) is 3.46. The van der Waals surface area contributed by atoms with Crippen molar-refractivity contribution < 1.29 is 14.7 Å². The zero-order chi connectivity index (χ0) is 14.5. The van der Waals surface area contributed by atoms with Gasteiger partial charge in [-0.3, -0.25) is 9.59 Å². The first-order valence-corrected chi connectivity index (χ1v) is 8.76. The van der Waals surface area contributed by atoms with Crippen LogP contribution in [0.4, 0.5) is 0 Å². The summed E-state index contributed by atoms with van der Waals surface area (Å²) in [6.45, 7) is 2.49. The Bertz CT molecular complexity index is 461. The number of carbonyl (C=O) groups is 2. The van der Waals surface area contributed by atoms with Crippen LogP contribution in [-0.2, 0) is 9.59 Å². The van der Waals surface area contributed by atoms with Crippen LogP contribution in [-0.4, -0.2) is 39.9 Å². The van der Waals surface area contributed by atoms with E-state index in [4.69, 9.17) is 5.11 Å². The van der Waals surface area contributed by atoms with E-state index in [1.807, 2.05) is 16.3 Å². The maximum Gasteiger partial charge on any atom is 0.307 e. The summed E-state index contributed by atoms with van der Waals surface area (Å²) in [5.74, 6) is -0.219. The third-order valence-corrected chi connectivity index (χ3v) is 5.62. The Hall–Kier alpha value is -1.01. The van der Waals surface area contributed by atoms with Gasteiger partial charge in [-0.1, -0.05) is 13.0 Å². The predicted octanol–water partition coefficient (Wildman–Crippen LogP) is 2.87. The highest BCUT2D eigenvalue weighted by atomic mass is 32.2. The number of thioether (sulfide) groups is 1. The fourth-order valence-corrected chi connectivity index (χ4v) is 4.15. The molecule has 1 saturated heterocycles. The van der Waals surface area contributed by atoms with Gasteiger partial charge in [0.2, 0.25) is 5.91 Å². The first-order chi connectivity index (χ1) is 9.59. The van der Waals surface area contributed by atoms with Gasteiger partial charge >= 0.3 is 5.97 Å². The van der Waals surface area contributed by atoms with Crippen LogP contribution in [0.1, 0.15) is 30.7 Å². The Balaban J connectivity index is 1.84. The zero-order valence-corrected chi connectivity index (χ0v) is 13.1. The molecule has 2 heterocycles. The highest BCUT2D eigenvalue weighted by Gasteiger charge is 2.30. The van der Waals surface area contributed by atoms with Crippen molar-refractivity contribution in [1.29, 1.82) is 0 Å². The lowest BCUT2D eigenvalue weighted by atomic mass is 10.2. The summed E-state index contributed by atoms with van der Waals surface area (Å²) in [5.41, 5.74) is 0. The SMILES string of the molecule is CC(CSCC(=O)N1CCCC1c1cccs1)C(=O)O. The van der Waals surface area contributed by atoms with E-state index in [1.165, 1.54) is 16.6 Å². The monoisotopic (exact) mass is 313 g/mol. The van der Waals surface area contributed by atoms with E-state index in [-0.39, 0.29) is 11.9 Å². The number of carboxylic acid groups (broad SMARTS) is 1. The number of thiophene rings is 1. The summed E-state index contributed by atoms with van der Waals surface area (Å²) in [6, 6.07) is 4.32. The lowest BCUT2D eigenvalue weighted by molar-refractivity contribution is -0.140. The van der Waals surface area contributed by atoms with Crippen LogP contribution in [0.15, 0.2) is 17.5 Å². The minimum atomic E-state index is -0.803. The molecule has 2 atom stereocenters. The molecule has 1 fully saturated rings. The summed E-state index contributed by atoms with van der Waals surface area (Å²) < 4.78 is 0. The second-order valence-electron chi connectivity index (χ2n) is 5.01. The van der Waals surface area contributed by atoms with Crippen LogP contribution in [0.5, 0.6) is 0 Å². The number of hydrogen-bond donors (Lipinski definition) is 1. The van der Waals surface area contributed by atoms with Crippen molar-refractivity contribution in [2.45, 2.75) is 25.8 Å². The number of aliphatic carboxylic acids is 1. The van der Waals surface area contributed by atoms with Crippen molar-refractivity contribution in [3.05, 3.63) is 22.4 Å². The smallest absolute Gasteiger partial charge is 0.307 e. The quantitative estimate of drug-likeness (QED) is 0.877. The van der Waals surface area contributed by atoms with E-state index >= 15 is 0 Å². The Labute approximate surface area is 127 Å². The van der Waals surface area contributed by atoms with Crippen LogP contribution in [0.2, 0.25) is 0 Å². The predicted molar refractivity (Wildman–Crippen MR) is 82.1 cm³/mol. The van der Waals surface area contributed by atoms with E-state index in [2.05, 4.69) is 6.07 Å². The average Bonchev–Trinajstić information content (AvgIpc) is 3.08. The van der Waals surface area contributed by atoms with E-state index in [1.54, 1.807) is 18.3 Å². The molecule has 20 heavy (non-hydrogen) atoms. The molecule has 0 bridgehead atoms. The van der Waals surface area contributed by atoms with Gasteiger partial charge in [0.1, 0.15) is 0 Å². The summed E-state index contributed by atoms with van der Waals surface area (Å²) in [5, 5.41) is 10.9. The molecule has 1 N–H and O–H groups in total. The molecule has 0 radical (unpaired) electrons. The Morgan fingerprint density at radius 3 is 3.05 bits per heavy atom. The Morgan fingerprint density at radius 2 is 2.40 bits per heavy atom. The average molecular weight is 313 g/mol. The van der Waals surface area contributed by atoms with Gasteiger partial charge < -0.3 is 10.0 Å². The normalized spacial score (nSPS) is 20.1. The largest absolute Gasteiger partial charge is 0.481 e. The topological polar surface area (TPSA) is 57.6 Å². The van der Waals surface area contributed by atoms with Crippen molar-refractivity contribution in [1.82, 2.24) is 4.90 Å². The number of carboxylic acids is 1. The summed E-state index contributed by atoms with van der Waals surface area (Å²) in [4.78, 5) is 26.2. The molecule has 2 unspecified atom stereocenters. The minimum Gasteiger partial charge on any atom is -0.481 e. The highest BCUT2D eigenvalue weighted by molar-refractivity contribution is 7.99. The van der Waals surface area contributed by atoms with E-state index in [0.717, 1.165) is 19.4 Å². The molecule has 1 aliphatic heterocycles. The molecule has 0 aliphatic carbocycles. The number of carbonyl (C=O) groups excluding carboxylic acids is 1. The lowest BCUT2D eigenvalue weighted by Gasteiger charge is -2.24. The second-order valence-corrected chi connectivity index (χ2v) is 7.02. The fourth-order valence-electron chi connectivity index (χ4n) is 2.32. The van der Waals surface area contributed by atoms with Crippen LogP contribution >= 0.6 is 23.1 Å². The van der Waals surface area contributed by atoms with Crippen molar-refractivity contribution in [2.75, 3.05) is 18.1 Å². The number of likely N-dealkylation sites (tertiary alicyclic amines) is 1. The van der Waals surface area contributed by atoms with Crippen LogP contribution in [0.25, 0.3) is 0 Å². The van der Waals surface area contributed by atoms with Crippen LogP contribution in [0.3, 0.4) is 0 Å².